The molecule has 4 aromatic carbocycles. The number of carbonyl (C=O) groups excluding carboxylic acids is 3. The zero-order valence-corrected chi connectivity index (χ0v) is 21.0. The quantitative estimate of drug-likeness (QED) is 0.232. The largest absolute Gasteiger partial charge is 0.298 e. The van der Waals surface area contributed by atoms with Gasteiger partial charge in [-0.25, -0.2) is 0 Å². The van der Waals surface area contributed by atoms with Crippen LogP contribution in [-0.4, -0.2) is 18.9 Å². The highest BCUT2D eigenvalue weighted by Gasteiger charge is 2.24. The maximum Gasteiger partial charge on any atom is 0.150 e. The molecule has 0 fully saturated rings. The molecule has 0 heterocycles. The predicted octanol–water partition coefficient (Wildman–Crippen LogP) is 7.81. The van der Waals surface area contributed by atoms with Gasteiger partial charge in [0.05, 0.1) is 0 Å². The molecule has 0 aromatic heterocycles. The van der Waals surface area contributed by atoms with E-state index in [2.05, 4.69) is 20.8 Å². The highest BCUT2D eigenvalue weighted by atomic mass is 16.1. The average Bonchev–Trinajstić information content (AvgIpc) is 2.95. The molecule has 4 aromatic rings. The number of hydrogen-bond acceptors (Lipinski definition) is 3. The van der Waals surface area contributed by atoms with Crippen molar-refractivity contribution in [2.75, 3.05) is 0 Å². The highest BCUT2D eigenvalue weighted by Crippen LogP contribution is 2.45. The Kier molecular flexibility index (Phi) is 7.70. The zero-order chi connectivity index (χ0) is 25.7. The Morgan fingerprint density at radius 1 is 0.417 bits per heavy atom. The van der Waals surface area contributed by atoms with E-state index >= 15 is 0 Å². The fraction of sp³-hybridized carbons (Fsp3) is 0.182. The second kappa shape index (κ2) is 11.1. The second-order valence-electron chi connectivity index (χ2n) is 8.84. The fourth-order valence-electron chi connectivity index (χ4n) is 5.21. The van der Waals surface area contributed by atoms with Gasteiger partial charge < -0.3 is 0 Å². The predicted molar refractivity (Wildman–Crippen MR) is 147 cm³/mol. The fourth-order valence-corrected chi connectivity index (χ4v) is 5.21. The summed E-state index contributed by atoms with van der Waals surface area (Å²) in [5, 5.41) is 0. The summed E-state index contributed by atoms with van der Waals surface area (Å²) in [6.45, 7) is 6.54. The van der Waals surface area contributed by atoms with Crippen LogP contribution in [0.25, 0.3) is 33.4 Å². The highest BCUT2D eigenvalue weighted by molar-refractivity contribution is 5.93. The van der Waals surface area contributed by atoms with Gasteiger partial charge in [0.2, 0.25) is 0 Å². The van der Waals surface area contributed by atoms with Crippen LogP contribution in [0.1, 0.15) is 68.5 Å². The van der Waals surface area contributed by atoms with Crippen molar-refractivity contribution in [2.24, 2.45) is 0 Å². The molecular formula is C33H30O3. The molecule has 0 bridgehead atoms. The lowest BCUT2D eigenvalue weighted by molar-refractivity contribution is 0.111. The first-order valence-corrected chi connectivity index (χ1v) is 12.5. The minimum atomic E-state index is 0.648. The van der Waals surface area contributed by atoms with E-state index in [4.69, 9.17) is 0 Å². The monoisotopic (exact) mass is 474 g/mol. The van der Waals surface area contributed by atoms with E-state index in [-0.39, 0.29) is 0 Å². The van der Waals surface area contributed by atoms with Gasteiger partial charge in [-0.15, -0.1) is 0 Å². The summed E-state index contributed by atoms with van der Waals surface area (Å²) in [7, 11) is 0. The van der Waals surface area contributed by atoms with Crippen LogP contribution in [-0.2, 0) is 19.3 Å². The van der Waals surface area contributed by atoms with Gasteiger partial charge in [-0.05, 0) is 69.3 Å². The number of carbonyl (C=O) groups is 3. The topological polar surface area (TPSA) is 51.2 Å². The van der Waals surface area contributed by atoms with Crippen molar-refractivity contribution in [3.63, 3.8) is 0 Å². The normalized spacial score (nSPS) is 10.8. The molecule has 0 radical (unpaired) electrons. The van der Waals surface area contributed by atoms with Crippen molar-refractivity contribution in [3.05, 3.63) is 106 Å². The van der Waals surface area contributed by atoms with Crippen LogP contribution < -0.4 is 0 Å². The summed E-state index contributed by atoms with van der Waals surface area (Å²) in [4.78, 5) is 34.0. The Labute approximate surface area is 212 Å². The molecular weight excluding hydrogens is 444 g/mol. The lowest BCUT2D eigenvalue weighted by atomic mass is 9.77. The third-order valence-corrected chi connectivity index (χ3v) is 6.88. The van der Waals surface area contributed by atoms with Gasteiger partial charge in [0.15, 0.2) is 0 Å². The second-order valence-corrected chi connectivity index (χ2v) is 8.84. The standard InChI is InChI=1S/C33H30O3/c1-4-28-31(25-13-7-22(19-34)8-14-25)29(5-2)33(27-17-11-24(21-36)12-18-27)30(6-3)32(28)26-15-9-23(20-35)10-16-26/h7-21H,4-6H2,1-3H3. The summed E-state index contributed by atoms with van der Waals surface area (Å²) in [6.07, 6.45) is 5.10. The van der Waals surface area contributed by atoms with Gasteiger partial charge in [-0.3, -0.25) is 14.4 Å². The molecule has 0 saturated heterocycles. The summed E-state index contributed by atoms with van der Waals surface area (Å²) in [5.74, 6) is 0. The van der Waals surface area contributed by atoms with E-state index in [0.717, 1.165) is 54.8 Å². The van der Waals surface area contributed by atoms with Crippen molar-refractivity contribution >= 4 is 18.9 Å². The van der Waals surface area contributed by atoms with Crippen molar-refractivity contribution in [1.82, 2.24) is 0 Å². The molecule has 3 nitrogen and oxygen atoms in total. The van der Waals surface area contributed by atoms with Crippen LogP contribution in [0.15, 0.2) is 72.8 Å². The van der Waals surface area contributed by atoms with Crippen LogP contribution >= 0.6 is 0 Å². The smallest absolute Gasteiger partial charge is 0.150 e. The van der Waals surface area contributed by atoms with E-state index < -0.39 is 0 Å². The Morgan fingerprint density at radius 2 is 0.639 bits per heavy atom. The average molecular weight is 475 g/mol. The molecule has 0 amide bonds. The van der Waals surface area contributed by atoms with Crippen molar-refractivity contribution in [2.45, 2.75) is 40.0 Å². The van der Waals surface area contributed by atoms with Crippen LogP contribution in [0.2, 0.25) is 0 Å². The van der Waals surface area contributed by atoms with Crippen molar-refractivity contribution in [1.29, 1.82) is 0 Å². The summed E-state index contributed by atoms with van der Waals surface area (Å²) in [6, 6.07) is 23.4. The van der Waals surface area contributed by atoms with Gasteiger partial charge in [0.1, 0.15) is 18.9 Å². The third kappa shape index (κ3) is 4.57. The first kappa shape index (κ1) is 25.0. The molecule has 4 rings (SSSR count). The van der Waals surface area contributed by atoms with Gasteiger partial charge >= 0.3 is 0 Å². The first-order chi connectivity index (χ1) is 17.6. The number of hydrogen-bond donors (Lipinski definition) is 0. The minimum Gasteiger partial charge on any atom is -0.298 e. The molecule has 180 valence electrons. The number of aldehydes is 3. The Bertz CT molecular complexity index is 1200. The minimum absolute atomic E-state index is 0.648. The van der Waals surface area contributed by atoms with Crippen LogP contribution in [0.4, 0.5) is 0 Å². The zero-order valence-electron chi connectivity index (χ0n) is 21.0. The number of rotatable bonds is 9. The molecule has 0 atom stereocenters. The molecule has 36 heavy (non-hydrogen) atoms. The van der Waals surface area contributed by atoms with E-state index in [9.17, 15) is 14.4 Å². The molecule has 3 heteroatoms. The number of benzene rings is 4. The van der Waals surface area contributed by atoms with Crippen molar-refractivity contribution in [3.8, 4) is 33.4 Å². The van der Waals surface area contributed by atoms with Crippen LogP contribution in [0.3, 0.4) is 0 Å². The van der Waals surface area contributed by atoms with E-state index in [1.807, 2.05) is 72.8 Å². The maximum absolute atomic E-state index is 11.3. The summed E-state index contributed by atoms with van der Waals surface area (Å²) < 4.78 is 0. The van der Waals surface area contributed by atoms with Gasteiger partial charge in [-0.2, -0.15) is 0 Å². The Hall–Kier alpha value is -4.11. The summed E-state index contributed by atoms with van der Waals surface area (Å²) in [5.41, 5.74) is 12.5. The first-order valence-electron chi connectivity index (χ1n) is 12.5. The summed E-state index contributed by atoms with van der Waals surface area (Å²) >= 11 is 0. The molecule has 0 spiro atoms. The molecule has 0 aliphatic carbocycles. The SMILES string of the molecule is CCc1c(-c2ccc(C=O)cc2)c(CC)c(-c2ccc(C=O)cc2)c(CC)c1-c1ccc(C=O)cc1. The lowest BCUT2D eigenvalue weighted by Gasteiger charge is -2.27. The van der Waals surface area contributed by atoms with E-state index in [0.29, 0.717) is 16.7 Å². The van der Waals surface area contributed by atoms with Gasteiger partial charge in [-0.1, -0.05) is 93.6 Å². The Balaban J connectivity index is 2.16. The van der Waals surface area contributed by atoms with E-state index in [1.165, 1.54) is 33.4 Å². The molecule has 0 N–H and O–H groups in total. The van der Waals surface area contributed by atoms with Crippen LogP contribution in [0.5, 0.6) is 0 Å². The lowest BCUT2D eigenvalue weighted by Crippen LogP contribution is -2.07. The molecule has 0 aliphatic rings. The van der Waals surface area contributed by atoms with Crippen LogP contribution in [0, 0.1) is 0 Å². The molecule has 0 aliphatic heterocycles. The van der Waals surface area contributed by atoms with Gasteiger partial charge in [0, 0.05) is 16.7 Å². The van der Waals surface area contributed by atoms with Crippen molar-refractivity contribution < 1.29 is 14.4 Å². The molecule has 0 saturated carbocycles. The maximum atomic E-state index is 11.3. The molecule has 0 unspecified atom stereocenters. The Morgan fingerprint density at radius 3 is 0.806 bits per heavy atom. The van der Waals surface area contributed by atoms with Gasteiger partial charge in [0.25, 0.3) is 0 Å². The third-order valence-electron chi connectivity index (χ3n) is 6.88. The van der Waals surface area contributed by atoms with E-state index in [1.54, 1.807) is 0 Å².